The SMILES string of the molecule is CCN1C(=O)C2(C3=C(Nc4nc(SC)[nH]c(=O)c42)c2ccccc2C3=O)c2ccccc21. The quantitative estimate of drug-likeness (QED) is 0.468. The van der Waals surface area contributed by atoms with Crippen LogP contribution in [-0.2, 0) is 10.2 Å². The fourth-order valence-corrected chi connectivity index (χ4v) is 5.63. The van der Waals surface area contributed by atoms with Crippen molar-refractivity contribution < 1.29 is 9.59 Å². The number of H-pyrrole nitrogens is 1. The monoisotopic (exact) mass is 442 g/mol. The normalized spacial score (nSPS) is 20.2. The van der Waals surface area contributed by atoms with Gasteiger partial charge < -0.3 is 15.2 Å². The molecule has 2 aliphatic heterocycles. The molecule has 158 valence electrons. The molecule has 0 radical (unpaired) electrons. The number of fused-ring (bicyclic) bond motifs is 7. The van der Waals surface area contributed by atoms with Gasteiger partial charge in [-0.1, -0.05) is 54.2 Å². The number of anilines is 2. The van der Waals surface area contributed by atoms with E-state index in [-0.39, 0.29) is 17.3 Å². The van der Waals surface area contributed by atoms with Gasteiger partial charge in [-0.15, -0.1) is 0 Å². The van der Waals surface area contributed by atoms with Crippen LogP contribution in [0, 0.1) is 0 Å². The molecule has 1 aromatic heterocycles. The number of nitrogens with zero attached hydrogens (tertiary/aromatic N) is 2. The molecule has 3 aliphatic rings. The number of carbonyl (C=O) groups is 2. The molecular weight excluding hydrogens is 424 g/mol. The Hall–Kier alpha value is -3.65. The maximum absolute atomic E-state index is 14.2. The Kier molecular flexibility index (Phi) is 3.83. The molecule has 3 aromatic rings. The summed E-state index contributed by atoms with van der Waals surface area (Å²) in [6.07, 6.45) is 1.82. The summed E-state index contributed by atoms with van der Waals surface area (Å²) in [6.45, 7) is 2.30. The standard InChI is InChI=1S/C24H18N4O3S/c1-3-28-15-11-7-6-10-14(15)24(22(28)31)16-18(12-8-4-5-9-13(12)19(16)29)25-20-17(24)21(30)27-23(26-20)32-2/h4-11H,3H2,1-2H3,(H2,25,26,27,30). The number of benzene rings is 2. The lowest BCUT2D eigenvalue weighted by Gasteiger charge is -2.35. The lowest BCUT2D eigenvalue weighted by atomic mass is 9.67. The van der Waals surface area contributed by atoms with Crippen LogP contribution in [0.5, 0.6) is 0 Å². The average molecular weight is 443 g/mol. The minimum atomic E-state index is -1.56. The van der Waals surface area contributed by atoms with E-state index in [0.717, 1.165) is 0 Å². The molecule has 1 amide bonds. The summed E-state index contributed by atoms with van der Waals surface area (Å²) in [5.74, 6) is -0.243. The first-order chi connectivity index (χ1) is 15.5. The molecule has 7 nitrogen and oxygen atoms in total. The van der Waals surface area contributed by atoms with Crippen LogP contribution in [0.2, 0.25) is 0 Å². The molecule has 0 saturated carbocycles. The highest BCUT2D eigenvalue weighted by atomic mass is 32.2. The van der Waals surface area contributed by atoms with Gasteiger partial charge in [-0.05, 0) is 19.2 Å². The van der Waals surface area contributed by atoms with Crippen molar-refractivity contribution in [2.45, 2.75) is 17.5 Å². The van der Waals surface area contributed by atoms with Gasteiger partial charge in [0.05, 0.1) is 11.3 Å². The minimum Gasteiger partial charge on any atom is -0.339 e. The van der Waals surface area contributed by atoms with Crippen LogP contribution in [0.3, 0.4) is 0 Å². The number of amides is 1. The van der Waals surface area contributed by atoms with Crippen LogP contribution in [0.15, 0.2) is 64.1 Å². The number of para-hydroxylation sites is 1. The van der Waals surface area contributed by atoms with Crippen LogP contribution in [-0.4, -0.2) is 34.5 Å². The molecule has 32 heavy (non-hydrogen) atoms. The molecule has 2 aromatic carbocycles. The Morgan fingerprint density at radius 2 is 1.75 bits per heavy atom. The molecule has 0 fully saturated rings. The highest BCUT2D eigenvalue weighted by molar-refractivity contribution is 7.98. The largest absolute Gasteiger partial charge is 0.339 e. The van der Waals surface area contributed by atoms with Crippen LogP contribution < -0.4 is 15.8 Å². The summed E-state index contributed by atoms with van der Waals surface area (Å²) < 4.78 is 0. The van der Waals surface area contributed by atoms with Crippen molar-refractivity contribution >= 4 is 40.7 Å². The highest BCUT2D eigenvalue weighted by Crippen LogP contribution is 2.57. The Morgan fingerprint density at radius 1 is 1.03 bits per heavy atom. The first-order valence-electron chi connectivity index (χ1n) is 10.3. The summed E-state index contributed by atoms with van der Waals surface area (Å²) in [4.78, 5) is 50.5. The van der Waals surface area contributed by atoms with Gasteiger partial charge in [-0.2, -0.15) is 0 Å². The predicted octanol–water partition coefficient (Wildman–Crippen LogP) is 3.18. The Bertz CT molecular complexity index is 1460. The summed E-state index contributed by atoms with van der Waals surface area (Å²) in [5, 5.41) is 3.67. The number of carbonyl (C=O) groups excluding carboxylic acids is 2. The first-order valence-corrected chi connectivity index (χ1v) is 11.5. The Labute approximate surface area is 187 Å². The van der Waals surface area contributed by atoms with Crippen LogP contribution in [0.1, 0.15) is 34.0 Å². The van der Waals surface area contributed by atoms with Gasteiger partial charge in [0, 0.05) is 34.5 Å². The molecule has 1 unspecified atom stereocenters. The number of hydrogen-bond acceptors (Lipinski definition) is 6. The van der Waals surface area contributed by atoms with Crippen molar-refractivity contribution in [3.8, 4) is 0 Å². The molecule has 1 spiro atoms. The maximum atomic E-state index is 14.2. The van der Waals surface area contributed by atoms with Crippen molar-refractivity contribution in [3.05, 3.63) is 86.7 Å². The summed E-state index contributed by atoms with van der Waals surface area (Å²) in [7, 11) is 0. The zero-order chi connectivity index (χ0) is 22.2. The molecule has 6 rings (SSSR count). The fraction of sp³-hybridized carbons (Fsp3) is 0.167. The van der Waals surface area contributed by atoms with Gasteiger partial charge in [-0.3, -0.25) is 14.4 Å². The zero-order valence-corrected chi connectivity index (χ0v) is 18.2. The second kappa shape index (κ2) is 6.43. The first kappa shape index (κ1) is 19.1. The van der Waals surface area contributed by atoms with Gasteiger partial charge in [0.1, 0.15) is 11.2 Å². The van der Waals surface area contributed by atoms with E-state index >= 15 is 0 Å². The van der Waals surface area contributed by atoms with Gasteiger partial charge in [-0.25, -0.2) is 4.98 Å². The van der Waals surface area contributed by atoms with Gasteiger partial charge in [0.25, 0.3) is 5.56 Å². The fourth-order valence-electron chi connectivity index (χ4n) is 5.25. The van der Waals surface area contributed by atoms with Crippen LogP contribution >= 0.6 is 11.8 Å². The van der Waals surface area contributed by atoms with Crippen molar-refractivity contribution in [3.63, 3.8) is 0 Å². The molecular formula is C24H18N4O3S. The van der Waals surface area contributed by atoms with Crippen LogP contribution in [0.4, 0.5) is 11.5 Å². The number of ketones is 1. The smallest absolute Gasteiger partial charge is 0.258 e. The molecule has 1 aliphatic carbocycles. The summed E-state index contributed by atoms with van der Waals surface area (Å²) in [5.41, 5.74) is 1.59. The summed E-state index contributed by atoms with van der Waals surface area (Å²) in [6, 6.07) is 14.6. The lowest BCUT2D eigenvalue weighted by molar-refractivity contribution is -0.120. The number of thioether (sulfide) groups is 1. The van der Waals surface area contributed by atoms with E-state index < -0.39 is 11.0 Å². The second-order valence-corrected chi connectivity index (χ2v) is 8.66. The number of hydrogen-bond donors (Lipinski definition) is 2. The summed E-state index contributed by atoms with van der Waals surface area (Å²) >= 11 is 1.30. The minimum absolute atomic E-state index is 0.170. The molecule has 1 atom stereocenters. The molecule has 0 saturated heterocycles. The van der Waals surface area contributed by atoms with Crippen LogP contribution in [0.25, 0.3) is 5.70 Å². The zero-order valence-electron chi connectivity index (χ0n) is 17.4. The Morgan fingerprint density at radius 3 is 2.50 bits per heavy atom. The van der Waals surface area contributed by atoms with Crippen molar-refractivity contribution in [1.29, 1.82) is 0 Å². The van der Waals surface area contributed by atoms with E-state index in [4.69, 9.17) is 0 Å². The maximum Gasteiger partial charge on any atom is 0.258 e. The van der Waals surface area contributed by atoms with Gasteiger partial charge in [0.2, 0.25) is 5.91 Å². The van der Waals surface area contributed by atoms with Crippen molar-refractivity contribution in [2.75, 3.05) is 23.0 Å². The number of Topliss-reactive ketones (excluding diaryl/α,β-unsaturated/α-hetero) is 1. The van der Waals surface area contributed by atoms with Crippen molar-refractivity contribution in [1.82, 2.24) is 9.97 Å². The number of aromatic nitrogens is 2. The van der Waals surface area contributed by atoms with E-state index in [1.807, 2.05) is 49.6 Å². The lowest BCUT2D eigenvalue weighted by Crippen LogP contribution is -2.49. The van der Waals surface area contributed by atoms with E-state index in [1.165, 1.54) is 11.8 Å². The number of aromatic amines is 1. The second-order valence-electron chi connectivity index (χ2n) is 7.87. The number of likely N-dealkylation sites (N-methyl/N-ethyl adjacent to an activating group) is 1. The molecule has 2 N–H and O–H groups in total. The topological polar surface area (TPSA) is 95.2 Å². The van der Waals surface area contributed by atoms with E-state index in [0.29, 0.717) is 51.2 Å². The third-order valence-electron chi connectivity index (χ3n) is 6.48. The average Bonchev–Trinajstić information content (AvgIpc) is 3.23. The Balaban J connectivity index is 1.80. The van der Waals surface area contributed by atoms with Gasteiger partial charge in [0.15, 0.2) is 10.9 Å². The van der Waals surface area contributed by atoms with E-state index in [9.17, 15) is 14.4 Å². The highest BCUT2D eigenvalue weighted by Gasteiger charge is 2.62. The number of rotatable bonds is 2. The third kappa shape index (κ3) is 2.07. The molecule has 0 bridgehead atoms. The third-order valence-corrected chi connectivity index (χ3v) is 7.06. The van der Waals surface area contributed by atoms with E-state index in [1.54, 1.807) is 17.0 Å². The molecule has 3 heterocycles. The predicted molar refractivity (Wildman–Crippen MR) is 123 cm³/mol. The molecule has 8 heteroatoms. The van der Waals surface area contributed by atoms with Crippen molar-refractivity contribution in [2.24, 2.45) is 0 Å². The van der Waals surface area contributed by atoms with Gasteiger partial charge >= 0.3 is 0 Å². The number of nitrogens with one attached hydrogen (secondary N) is 2. The van der Waals surface area contributed by atoms with E-state index in [2.05, 4.69) is 15.3 Å².